The van der Waals surface area contributed by atoms with Gasteiger partial charge in [0.1, 0.15) is 15.9 Å². The molecule has 0 radical (unpaired) electrons. The second-order valence-electron chi connectivity index (χ2n) is 4.28. The zero-order valence-electron chi connectivity index (χ0n) is 11.4. The first-order valence-corrected chi connectivity index (χ1v) is 6.77. The van der Waals surface area contributed by atoms with Crippen molar-refractivity contribution in [2.45, 2.75) is 23.9 Å². The van der Waals surface area contributed by atoms with Gasteiger partial charge in [-0.15, -0.1) is 0 Å². The molecular formula is C13H14N4O2S. The van der Waals surface area contributed by atoms with Gasteiger partial charge in [-0.05, 0) is 43.3 Å². The van der Waals surface area contributed by atoms with Crippen LogP contribution in [0.5, 0.6) is 0 Å². The summed E-state index contributed by atoms with van der Waals surface area (Å²) in [5.41, 5.74) is 2.02. The highest BCUT2D eigenvalue weighted by Crippen LogP contribution is 2.29. The summed E-state index contributed by atoms with van der Waals surface area (Å²) in [5, 5.41) is 15.0. The number of aryl methyl sites for hydroxylation is 2. The summed E-state index contributed by atoms with van der Waals surface area (Å²) in [6.07, 6.45) is 0. The van der Waals surface area contributed by atoms with Gasteiger partial charge < -0.3 is 5.32 Å². The molecule has 0 saturated heterocycles. The molecule has 0 unspecified atom stereocenters. The van der Waals surface area contributed by atoms with Gasteiger partial charge in [0.05, 0.1) is 11.0 Å². The molecule has 0 fully saturated rings. The first kappa shape index (κ1) is 14.3. The lowest BCUT2D eigenvalue weighted by atomic mass is 10.3. The maximum Gasteiger partial charge on any atom is 0.275 e. The molecule has 6 nitrogen and oxygen atoms in total. The number of hydrogen-bond donors (Lipinski definition) is 1. The summed E-state index contributed by atoms with van der Waals surface area (Å²) in [6.45, 7) is 3.90. The maximum atomic E-state index is 10.9. The lowest BCUT2D eigenvalue weighted by Crippen LogP contribution is -1.97. The minimum absolute atomic E-state index is 0.0104. The van der Waals surface area contributed by atoms with E-state index >= 15 is 0 Å². The number of nitrogens with zero attached hydrogens (tertiary/aromatic N) is 3. The van der Waals surface area contributed by atoms with E-state index in [2.05, 4.69) is 15.3 Å². The number of hydrogen-bond acceptors (Lipinski definition) is 6. The average Bonchev–Trinajstić information content (AvgIpc) is 2.36. The van der Waals surface area contributed by atoms with Crippen molar-refractivity contribution in [1.29, 1.82) is 0 Å². The van der Waals surface area contributed by atoms with Crippen LogP contribution in [0.15, 0.2) is 34.3 Å². The van der Waals surface area contributed by atoms with Crippen molar-refractivity contribution in [3.8, 4) is 0 Å². The summed E-state index contributed by atoms with van der Waals surface area (Å²) in [5.74, 6) is 0.464. The summed E-state index contributed by atoms with van der Waals surface area (Å²) < 4.78 is 0. The van der Waals surface area contributed by atoms with Gasteiger partial charge in [-0.1, -0.05) is 0 Å². The molecule has 2 rings (SSSR count). The van der Waals surface area contributed by atoms with Crippen LogP contribution in [0.25, 0.3) is 0 Å². The van der Waals surface area contributed by atoms with Crippen LogP contribution in [0.4, 0.5) is 11.5 Å². The Kier molecular flexibility index (Phi) is 4.19. The van der Waals surface area contributed by atoms with Crippen LogP contribution in [0.1, 0.15) is 11.3 Å². The van der Waals surface area contributed by atoms with Crippen molar-refractivity contribution < 1.29 is 4.92 Å². The Hall–Kier alpha value is -2.15. The third-order valence-corrected chi connectivity index (χ3v) is 3.37. The highest BCUT2D eigenvalue weighted by molar-refractivity contribution is 7.99. The van der Waals surface area contributed by atoms with Crippen LogP contribution < -0.4 is 5.32 Å². The molecule has 2 heterocycles. The van der Waals surface area contributed by atoms with E-state index in [1.165, 1.54) is 23.9 Å². The molecule has 0 spiro atoms. The second-order valence-corrected chi connectivity index (χ2v) is 5.32. The van der Waals surface area contributed by atoms with Gasteiger partial charge in [0.15, 0.2) is 0 Å². The molecule has 20 heavy (non-hydrogen) atoms. The van der Waals surface area contributed by atoms with Crippen LogP contribution in [-0.4, -0.2) is 21.9 Å². The van der Waals surface area contributed by atoms with Crippen LogP contribution in [0, 0.1) is 24.0 Å². The van der Waals surface area contributed by atoms with E-state index in [9.17, 15) is 10.1 Å². The molecule has 104 valence electrons. The fourth-order valence-corrected chi connectivity index (χ4v) is 2.71. The highest BCUT2D eigenvalue weighted by atomic mass is 32.2. The van der Waals surface area contributed by atoms with Gasteiger partial charge in [0, 0.05) is 18.8 Å². The van der Waals surface area contributed by atoms with Gasteiger partial charge >= 0.3 is 0 Å². The fourth-order valence-electron chi connectivity index (χ4n) is 1.74. The monoisotopic (exact) mass is 290 g/mol. The predicted molar refractivity (Wildman–Crippen MR) is 78.3 cm³/mol. The largest absolute Gasteiger partial charge is 0.373 e. The number of aromatic nitrogens is 2. The van der Waals surface area contributed by atoms with E-state index in [1.807, 2.05) is 26.0 Å². The lowest BCUT2D eigenvalue weighted by molar-refractivity contribution is -0.385. The summed E-state index contributed by atoms with van der Waals surface area (Å²) in [6, 6.07) is 6.75. The highest BCUT2D eigenvalue weighted by Gasteiger charge is 2.12. The molecule has 0 aliphatic rings. The minimum Gasteiger partial charge on any atom is -0.373 e. The van der Waals surface area contributed by atoms with Crippen LogP contribution in [-0.2, 0) is 0 Å². The lowest BCUT2D eigenvalue weighted by Gasteiger charge is -2.05. The summed E-state index contributed by atoms with van der Waals surface area (Å²) >= 11 is 1.31. The van der Waals surface area contributed by atoms with Crippen molar-refractivity contribution in [2.75, 3.05) is 12.4 Å². The normalized spacial score (nSPS) is 10.3. The molecule has 1 N–H and O–H groups in total. The molecular weight excluding hydrogens is 276 g/mol. The van der Waals surface area contributed by atoms with E-state index < -0.39 is 4.92 Å². The maximum absolute atomic E-state index is 10.9. The molecule has 7 heteroatoms. The fraction of sp³-hybridized carbons (Fsp3) is 0.231. The van der Waals surface area contributed by atoms with E-state index in [1.54, 1.807) is 7.05 Å². The Bertz CT molecular complexity index is 641. The molecule has 0 saturated carbocycles. The third-order valence-electron chi connectivity index (χ3n) is 2.54. The number of anilines is 1. The van der Waals surface area contributed by atoms with Gasteiger partial charge in [0.25, 0.3) is 5.69 Å². The zero-order valence-corrected chi connectivity index (χ0v) is 12.2. The number of pyridine rings is 2. The molecule has 0 amide bonds. The zero-order chi connectivity index (χ0) is 14.7. The minimum atomic E-state index is -0.429. The van der Waals surface area contributed by atoms with E-state index in [-0.39, 0.29) is 5.69 Å². The topological polar surface area (TPSA) is 81.0 Å². The van der Waals surface area contributed by atoms with Crippen LogP contribution in [0.3, 0.4) is 0 Å². The smallest absolute Gasteiger partial charge is 0.275 e. The Morgan fingerprint density at radius 2 is 1.85 bits per heavy atom. The molecule has 2 aromatic heterocycles. The first-order chi connectivity index (χ1) is 9.47. The van der Waals surface area contributed by atoms with Crippen LogP contribution in [0.2, 0.25) is 0 Å². The molecule has 0 atom stereocenters. The molecule has 0 aliphatic heterocycles. The molecule has 0 aliphatic carbocycles. The summed E-state index contributed by atoms with van der Waals surface area (Å²) in [7, 11) is 1.68. The Morgan fingerprint density at radius 3 is 2.45 bits per heavy atom. The van der Waals surface area contributed by atoms with E-state index in [4.69, 9.17) is 0 Å². The number of nitrogens with one attached hydrogen (secondary N) is 1. The molecule has 0 bridgehead atoms. The standard InChI is InChI=1S/C13H14N4O2S/c1-8-4-9(2)15-12(5-8)20-13-7-10(17(18)19)6-11(14-3)16-13/h4-7H,1-3H3,(H,14,16). The summed E-state index contributed by atoms with van der Waals surface area (Å²) in [4.78, 5) is 19.2. The van der Waals surface area contributed by atoms with Crippen molar-refractivity contribution >= 4 is 23.3 Å². The second kappa shape index (κ2) is 5.87. The van der Waals surface area contributed by atoms with Crippen LogP contribution >= 0.6 is 11.8 Å². The van der Waals surface area contributed by atoms with Crippen molar-refractivity contribution in [1.82, 2.24) is 9.97 Å². The van der Waals surface area contributed by atoms with E-state index in [0.29, 0.717) is 10.8 Å². The molecule has 0 aromatic carbocycles. The Balaban J connectivity index is 2.37. The predicted octanol–water partition coefficient (Wildman–Crippen LogP) is 3.19. The number of rotatable bonds is 4. The van der Waals surface area contributed by atoms with Gasteiger partial charge in [-0.2, -0.15) is 0 Å². The average molecular weight is 290 g/mol. The van der Waals surface area contributed by atoms with Crippen molar-refractivity contribution in [2.24, 2.45) is 0 Å². The first-order valence-electron chi connectivity index (χ1n) is 5.95. The van der Waals surface area contributed by atoms with E-state index in [0.717, 1.165) is 16.3 Å². The molecule has 2 aromatic rings. The number of nitro groups is 1. The van der Waals surface area contributed by atoms with Crippen molar-refractivity contribution in [3.05, 3.63) is 45.6 Å². The Labute approximate surface area is 120 Å². The Morgan fingerprint density at radius 1 is 1.15 bits per heavy atom. The SMILES string of the molecule is CNc1cc([N+](=O)[O-])cc(Sc2cc(C)cc(C)n2)n1. The van der Waals surface area contributed by atoms with Gasteiger partial charge in [-0.25, -0.2) is 9.97 Å². The van der Waals surface area contributed by atoms with Gasteiger partial charge in [0.2, 0.25) is 0 Å². The van der Waals surface area contributed by atoms with Crippen molar-refractivity contribution in [3.63, 3.8) is 0 Å². The van der Waals surface area contributed by atoms with Gasteiger partial charge in [-0.3, -0.25) is 10.1 Å². The third kappa shape index (κ3) is 3.45. The quantitative estimate of drug-likeness (QED) is 0.688.